The standard InChI is InChI=1S/C23H28O3/c1-16(2)7-6-8-17(3)13-14-25-18-11-12-20-19-9-4-5-10-21(19)23(24)26-22(20)15-18/h7,11-13,15H,4-6,8-10,14H2,1-3H3/b17-13-. The van der Waals surface area contributed by atoms with Crippen molar-refractivity contribution in [2.45, 2.75) is 59.3 Å². The molecule has 3 nitrogen and oxygen atoms in total. The van der Waals surface area contributed by atoms with Crippen molar-refractivity contribution in [1.29, 1.82) is 0 Å². The summed E-state index contributed by atoms with van der Waals surface area (Å²) in [5, 5.41) is 1.06. The monoisotopic (exact) mass is 352 g/mol. The minimum atomic E-state index is -0.181. The number of allylic oxidation sites excluding steroid dienone is 3. The molecule has 0 saturated heterocycles. The fourth-order valence-electron chi connectivity index (χ4n) is 3.49. The van der Waals surface area contributed by atoms with Gasteiger partial charge in [0.15, 0.2) is 0 Å². The maximum Gasteiger partial charge on any atom is 0.339 e. The number of fused-ring (bicyclic) bond motifs is 3. The maximum atomic E-state index is 12.2. The van der Waals surface area contributed by atoms with Crippen molar-refractivity contribution in [1.82, 2.24) is 0 Å². The molecule has 3 rings (SSSR count). The predicted octanol–water partition coefficient (Wildman–Crippen LogP) is 5.74. The zero-order valence-corrected chi connectivity index (χ0v) is 16.1. The van der Waals surface area contributed by atoms with Crippen LogP contribution in [0.3, 0.4) is 0 Å². The summed E-state index contributed by atoms with van der Waals surface area (Å²) in [6, 6.07) is 5.85. The van der Waals surface area contributed by atoms with E-state index in [1.54, 1.807) is 0 Å². The number of hydrogen-bond donors (Lipinski definition) is 0. The van der Waals surface area contributed by atoms with Crippen molar-refractivity contribution in [3.05, 3.63) is 63.0 Å². The highest BCUT2D eigenvalue weighted by Crippen LogP contribution is 2.29. The van der Waals surface area contributed by atoms with E-state index in [1.807, 2.05) is 18.2 Å². The van der Waals surface area contributed by atoms with Crippen molar-refractivity contribution in [3.8, 4) is 5.75 Å². The second-order valence-corrected chi connectivity index (χ2v) is 7.39. The lowest BCUT2D eigenvalue weighted by atomic mass is 9.91. The molecule has 0 amide bonds. The zero-order valence-electron chi connectivity index (χ0n) is 16.1. The van der Waals surface area contributed by atoms with Gasteiger partial charge in [-0.15, -0.1) is 0 Å². The highest BCUT2D eigenvalue weighted by molar-refractivity contribution is 5.82. The molecule has 0 spiro atoms. The van der Waals surface area contributed by atoms with Crippen molar-refractivity contribution in [3.63, 3.8) is 0 Å². The van der Waals surface area contributed by atoms with Gasteiger partial charge in [-0.05, 0) is 83.1 Å². The molecule has 0 radical (unpaired) electrons. The largest absolute Gasteiger partial charge is 0.489 e. The van der Waals surface area contributed by atoms with Crippen LogP contribution in [0.1, 0.15) is 57.6 Å². The van der Waals surface area contributed by atoms with Gasteiger partial charge in [-0.2, -0.15) is 0 Å². The third-order valence-electron chi connectivity index (χ3n) is 4.97. The van der Waals surface area contributed by atoms with E-state index in [1.165, 1.54) is 16.7 Å². The molecule has 0 fully saturated rings. The van der Waals surface area contributed by atoms with E-state index in [0.29, 0.717) is 12.2 Å². The van der Waals surface area contributed by atoms with Crippen LogP contribution in [0.25, 0.3) is 11.0 Å². The van der Waals surface area contributed by atoms with Crippen LogP contribution in [0.4, 0.5) is 0 Å². The normalized spacial score (nSPS) is 14.2. The van der Waals surface area contributed by atoms with Crippen LogP contribution in [0, 0.1) is 0 Å². The van der Waals surface area contributed by atoms with Crippen LogP contribution in [0.2, 0.25) is 0 Å². The molecule has 1 aromatic heterocycles. The third kappa shape index (κ3) is 4.46. The number of aryl methyl sites for hydroxylation is 1. The van der Waals surface area contributed by atoms with Gasteiger partial charge in [0, 0.05) is 17.0 Å². The molecule has 138 valence electrons. The molecule has 0 aliphatic heterocycles. The van der Waals surface area contributed by atoms with E-state index in [4.69, 9.17) is 9.15 Å². The summed E-state index contributed by atoms with van der Waals surface area (Å²) in [4.78, 5) is 12.2. The fourth-order valence-corrected chi connectivity index (χ4v) is 3.49. The number of ether oxygens (including phenoxy) is 1. The first-order chi connectivity index (χ1) is 12.5. The first-order valence-corrected chi connectivity index (χ1v) is 9.55. The molecule has 2 aromatic rings. The molecule has 0 atom stereocenters. The van der Waals surface area contributed by atoms with Crippen LogP contribution in [0.15, 0.2) is 50.7 Å². The Morgan fingerprint density at radius 2 is 1.88 bits per heavy atom. The molecule has 26 heavy (non-hydrogen) atoms. The van der Waals surface area contributed by atoms with E-state index >= 15 is 0 Å². The van der Waals surface area contributed by atoms with Crippen LogP contribution in [-0.4, -0.2) is 6.61 Å². The number of hydrogen-bond acceptors (Lipinski definition) is 3. The molecule has 3 heteroatoms. The molecular formula is C23H28O3. The van der Waals surface area contributed by atoms with E-state index in [9.17, 15) is 4.79 Å². The van der Waals surface area contributed by atoms with E-state index < -0.39 is 0 Å². The van der Waals surface area contributed by atoms with Gasteiger partial charge in [0.25, 0.3) is 0 Å². The van der Waals surface area contributed by atoms with Gasteiger partial charge in [-0.25, -0.2) is 4.79 Å². The molecule has 0 unspecified atom stereocenters. The van der Waals surface area contributed by atoms with Gasteiger partial charge in [0.05, 0.1) is 0 Å². The molecular weight excluding hydrogens is 324 g/mol. The molecule has 0 N–H and O–H groups in total. The first-order valence-electron chi connectivity index (χ1n) is 9.55. The van der Waals surface area contributed by atoms with Crippen LogP contribution < -0.4 is 10.4 Å². The van der Waals surface area contributed by atoms with E-state index in [-0.39, 0.29) is 5.63 Å². The summed E-state index contributed by atoms with van der Waals surface area (Å²) in [5.41, 5.74) is 5.17. The van der Waals surface area contributed by atoms with E-state index in [2.05, 4.69) is 32.9 Å². The molecule has 1 aliphatic carbocycles. The Balaban J connectivity index is 1.70. The summed E-state index contributed by atoms with van der Waals surface area (Å²) < 4.78 is 11.4. The lowest BCUT2D eigenvalue weighted by molar-refractivity contribution is 0.361. The highest BCUT2D eigenvalue weighted by Gasteiger charge is 2.18. The van der Waals surface area contributed by atoms with Crippen LogP contribution in [0.5, 0.6) is 5.75 Å². The van der Waals surface area contributed by atoms with E-state index in [0.717, 1.165) is 55.2 Å². The van der Waals surface area contributed by atoms with Crippen molar-refractivity contribution >= 4 is 11.0 Å². The van der Waals surface area contributed by atoms with Gasteiger partial charge in [0.2, 0.25) is 0 Å². The lowest BCUT2D eigenvalue weighted by Gasteiger charge is -2.16. The highest BCUT2D eigenvalue weighted by atomic mass is 16.5. The summed E-state index contributed by atoms with van der Waals surface area (Å²) in [6.45, 7) is 6.91. The average Bonchev–Trinajstić information content (AvgIpc) is 2.61. The van der Waals surface area contributed by atoms with Gasteiger partial charge in [0.1, 0.15) is 17.9 Å². The Kier molecular flexibility index (Phi) is 5.97. The second-order valence-electron chi connectivity index (χ2n) is 7.39. The van der Waals surface area contributed by atoms with Crippen molar-refractivity contribution in [2.75, 3.05) is 6.61 Å². The minimum Gasteiger partial charge on any atom is -0.489 e. The van der Waals surface area contributed by atoms with Crippen molar-refractivity contribution < 1.29 is 9.15 Å². The Labute approximate surface area is 155 Å². The number of rotatable bonds is 6. The topological polar surface area (TPSA) is 39.4 Å². The lowest BCUT2D eigenvalue weighted by Crippen LogP contribution is -2.15. The van der Waals surface area contributed by atoms with Gasteiger partial charge in [-0.1, -0.05) is 17.2 Å². The summed E-state index contributed by atoms with van der Waals surface area (Å²) in [7, 11) is 0. The summed E-state index contributed by atoms with van der Waals surface area (Å²) in [5.74, 6) is 0.741. The minimum absolute atomic E-state index is 0.181. The van der Waals surface area contributed by atoms with Crippen LogP contribution in [-0.2, 0) is 12.8 Å². The third-order valence-corrected chi connectivity index (χ3v) is 4.97. The SMILES string of the molecule is CC(C)=CCC/C(C)=C\COc1ccc2c3c(c(=O)oc2c1)CCCC3. The summed E-state index contributed by atoms with van der Waals surface area (Å²) >= 11 is 0. The Morgan fingerprint density at radius 1 is 1.12 bits per heavy atom. The quantitative estimate of drug-likeness (QED) is 0.491. The predicted molar refractivity (Wildman–Crippen MR) is 107 cm³/mol. The molecule has 0 saturated carbocycles. The van der Waals surface area contributed by atoms with Gasteiger partial charge >= 0.3 is 5.63 Å². The Morgan fingerprint density at radius 3 is 2.65 bits per heavy atom. The van der Waals surface area contributed by atoms with Crippen molar-refractivity contribution in [2.24, 2.45) is 0 Å². The number of benzene rings is 1. The molecule has 1 aliphatic rings. The summed E-state index contributed by atoms with van der Waals surface area (Å²) in [6.07, 6.45) is 10.5. The van der Waals surface area contributed by atoms with Gasteiger partial charge < -0.3 is 9.15 Å². The maximum absolute atomic E-state index is 12.2. The van der Waals surface area contributed by atoms with Crippen LogP contribution >= 0.6 is 0 Å². The Bertz CT molecular complexity index is 896. The smallest absolute Gasteiger partial charge is 0.339 e. The fraction of sp³-hybridized carbons (Fsp3) is 0.435. The molecule has 1 heterocycles. The first kappa shape index (κ1) is 18.5. The van der Waals surface area contributed by atoms with Gasteiger partial charge in [-0.3, -0.25) is 0 Å². The Hall–Kier alpha value is -2.29. The average molecular weight is 352 g/mol. The molecule has 1 aromatic carbocycles. The second kappa shape index (κ2) is 8.39. The zero-order chi connectivity index (χ0) is 18.5. The molecule has 0 bridgehead atoms.